The summed E-state index contributed by atoms with van der Waals surface area (Å²) in [5, 5.41) is 1.98. The van der Waals surface area contributed by atoms with Crippen LogP contribution in [-0.2, 0) is 4.79 Å². The second-order valence-corrected chi connectivity index (χ2v) is 2.79. The van der Waals surface area contributed by atoms with E-state index in [2.05, 4.69) is 5.43 Å². The number of nitrogens with two attached hydrogens (primary N) is 1. The van der Waals surface area contributed by atoms with Crippen molar-refractivity contribution < 1.29 is 9.59 Å². The average Bonchev–Trinajstić information content (AvgIpc) is 2.55. The van der Waals surface area contributed by atoms with Gasteiger partial charge in [0, 0.05) is 12.4 Å². The van der Waals surface area contributed by atoms with Crippen LogP contribution in [0.1, 0.15) is 6.92 Å². The van der Waals surface area contributed by atoms with Gasteiger partial charge < -0.3 is 11.2 Å². The van der Waals surface area contributed by atoms with Crippen molar-refractivity contribution in [3.8, 4) is 0 Å². The molecule has 76 valence electrons. The normalized spacial score (nSPS) is 11.8. The number of amides is 3. The van der Waals surface area contributed by atoms with Crippen LogP contribution in [0.25, 0.3) is 0 Å². The zero-order valence-corrected chi connectivity index (χ0v) is 7.73. The first kappa shape index (κ1) is 10.1. The summed E-state index contributed by atoms with van der Waals surface area (Å²) in [6.07, 6.45) is 3.49. The number of aromatic nitrogens is 1. The van der Waals surface area contributed by atoms with Crippen molar-refractivity contribution in [3.05, 3.63) is 24.5 Å². The molecule has 14 heavy (non-hydrogen) atoms. The molecule has 1 aromatic heterocycles. The zero-order chi connectivity index (χ0) is 10.6. The lowest BCUT2D eigenvalue weighted by atomic mass is 10.3. The van der Waals surface area contributed by atoms with E-state index in [1.54, 1.807) is 24.0 Å². The number of nitrogens with zero attached hydrogens (tertiary/aromatic N) is 1. The minimum Gasteiger partial charge on any atom is -0.351 e. The Morgan fingerprint density at radius 2 is 1.93 bits per heavy atom. The van der Waals surface area contributed by atoms with Crippen LogP contribution in [0.3, 0.4) is 0 Å². The van der Waals surface area contributed by atoms with E-state index in [1.165, 1.54) is 0 Å². The molecule has 0 aliphatic heterocycles. The lowest BCUT2D eigenvalue weighted by Crippen LogP contribution is -2.45. The molecule has 1 unspecified atom stereocenters. The van der Waals surface area contributed by atoms with E-state index in [4.69, 9.17) is 5.73 Å². The highest BCUT2D eigenvalue weighted by Crippen LogP contribution is 1.89. The van der Waals surface area contributed by atoms with Crippen LogP contribution >= 0.6 is 0 Å². The van der Waals surface area contributed by atoms with Crippen LogP contribution in [0.5, 0.6) is 0 Å². The Kier molecular flexibility index (Phi) is 3.11. The molecule has 6 nitrogen and oxygen atoms in total. The zero-order valence-electron chi connectivity index (χ0n) is 7.73. The van der Waals surface area contributed by atoms with Crippen LogP contribution in [0.4, 0.5) is 4.79 Å². The van der Waals surface area contributed by atoms with Gasteiger partial charge in [0.2, 0.25) is 0 Å². The fourth-order valence-electron chi connectivity index (χ4n) is 0.932. The fraction of sp³-hybridized carbons (Fsp3) is 0.250. The summed E-state index contributed by atoms with van der Waals surface area (Å²) in [5.41, 5.74) is 7.62. The number of imide groups is 1. The first-order valence-electron chi connectivity index (χ1n) is 4.09. The molecule has 0 bridgehead atoms. The van der Waals surface area contributed by atoms with Crippen LogP contribution in [0.2, 0.25) is 0 Å². The SMILES string of the molecule is CC(Nn1cccc1)C(=O)NC(N)=O. The standard InChI is InChI=1S/C8H12N4O2/c1-6(7(13)10-8(9)14)11-12-4-2-3-5-12/h2-6,11H,1H3,(H3,9,10,13,14). The summed E-state index contributed by atoms with van der Waals surface area (Å²) in [4.78, 5) is 21.6. The first-order valence-corrected chi connectivity index (χ1v) is 4.09. The summed E-state index contributed by atoms with van der Waals surface area (Å²) in [6.45, 7) is 1.62. The molecule has 0 spiro atoms. The number of hydrogen-bond donors (Lipinski definition) is 3. The first-order chi connectivity index (χ1) is 6.59. The highest BCUT2D eigenvalue weighted by atomic mass is 16.2. The molecule has 1 aromatic rings. The molecular formula is C8H12N4O2. The summed E-state index contributed by atoms with van der Waals surface area (Å²) in [6, 6.07) is 2.24. The number of urea groups is 1. The number of rotatable bonds is 3. The lowest BCUT2D eigenvalue weighted by Gasteiger charge is -2.14. The maximum atomic E-state index is 11.2. The van der Waals surface area contributed by atoms with Gasteiger partial charge in [-0.3, -0.25) is 14.8 Å². The van der Waals surface area contributed by atoms with Crippen molar-refractivity contribution in [2.75, 3.05) is 5.43 Å². The topological polar surface area (TPSA) is 89.2 Å². The van der Waals surface area contributed by atoms with Crippen molar-refractivity contribution in [1.29, 1.82) is 0 Å². The van der Waals surface area contributed by atoms with Gasteiger partial charge in [0.1, 0.15) is 6.04 Å². The molecule has 0 aliphatic carbocycles. The van der Waals surface area contributed by atoms with Crippen LogP contribution < -0.4 is 16.5 Å². The molecule has 4 N–H and O–H groups in total. The van der Waals surface area contributed by atoms with Crippen molar-refractivity contribution >= 4 is 11.9 Å². The van der Waals surface area contributed by atoms with Crippen molar-refractivity contribution in [2.45, 2.75) is 13.0 Å². The molecule has 0 aromatic carbocycles. The minimum absolute atomic E-state index is 0.466. The number of carbonyl (C=O) groups excluding carboxylic acids is 2. The van der Waals surface area contributed by atoms with Gasteiger partial charge in [-0.2, -0.15) is 0 Å². The Balaban J connectivity index is 2.46. The van der Waals surface area contributed by atoms with Crippen molar-refractivity contribution in [2.24, 2.45) is 5.73 Å². The third-order valence-corrected chi connectivity index (χ3v) is 1.59. The summed E-state index contributed by atoms with van der Waals surface area (Å²) >= 11 is 0. The van der Waals surface area contributed by atoms with Gasteiger partial charge in [-0.05, 0) is 19.1 Å². The molecule has 0 fully saturated rings. The van der Waals surface area contributed by atoms with Crippen LogP contribution in [-0.4, -0.2) is 22.7 Å². The van der Waals surface area contributed by atoms with Crippen LogP contribution in [0, 0.1) is 0 Å². The molecule has 0 radical (unpaired) electrons. The van der Waals surface area contributed by atoms with Crippen molar-refractivity contribution in [3.63, 3.8) is 0 Å². The summed E-state index contributed by atoms with van der Waals surface area (Å²) < 4.78 is 1.62. The van der Waals surface area contributed by atoms with E-state index in [0.717, 1.165) is 0 Å². The molecule has 0 aliphatic rings. The predicted molar refractivity (Wildman–Crippen MR) is 51.0 cm³/mol. The molecule has 0 saturated heterocycles. The second kappa shape index (κ2) is 4.31. The van der Waals surface area contributed by atoms with E-state index < -0.39 is 18.0 Å². The largest absolute Gasteiger partial charge is 0.351 e. The van der Waals surface area contributed by atoms with Gasteiger partial charge in [0.25, 0.3) is 5.91 Å². The molecule has 1 atom stereocenters. The van der Waals surface area contributed by atoms with Crippen molar-refractivity contribution in [1.82, 2.24) is 9.99 Å². The van der Waals surface area contributed by atoms with E-state index in [0.29, 0.717) is 0 Å². The number of nitrogens with one attached hydrogen (secondary N) is 2. The highest BCUT2D eigenvalue weighted by Gasteiger charge is 2.13. The number of hydrogen-bond acceptors (Lipinski definition) is 3. The molecule has 1 heterocycles. The minimum atomic E-state index is -0.851. The highest BCUT2D eigenvalue weighted by molar-refractivity contribution is 5.96. The van der Waals surface area contributed by atoms with E-state index in [9.17, 15) is 9.59 Å². The van der Waals surface area contributed by atoms with E-state index in [-0.39, 0.29) is 0 Å². The van der Waals surface area contributed by atoms with E-state index >= 15 is 0 Å². The van der Waals surface area contributed by atoms with Gasteiger partial charge >= 0.3 is 6.03 Å². The maximum Gasteiger partial charge on any atom is 0.318 e. The molecule has 0 saturated carbocycles. The predicted octanol–water partition coefficient (Wildman–Crippen LogP) is -0.385. The smallest absolute Gasteiger partial charge is 0.318 e. The number of primary amides is 1. The third kappa shape index (κ3) is 2.81. The van der Waals surface area contributed by atoms with Crippen LogP contribution in [0.15, 0.2) is 24.5 Å². The Bertz CT molecular complexity index is 320. The summed E-state index contributed by atoms with van der Waals surface area (Å²) in [5.74, 6) is -0.466. The quantitative estimate of drug-likeness (QED) is 0.615. The molecule has 3 amide bonds. The van der Waals surface area contributed by atoms with E-state index in [1.807, 2.05) is 17.4 Å². The summed E-state index contributed by atoms with van der Waals surface area (Å²) in [7, 11) is 0. The van der Waals surface area contributed by atoms with Gasteiger partial charge in [-0.25, -0.2) is 4.79 Å². The maximum absolute atomic E-state index is 11.2. The fourth-order valence-corrected chi connectivity index (χ4v) is 0.932. The van der Waals surface area contributed by atoms with Gasteiger partial charge in [-0.15, -0.1) is 0 Å². The monoisotopic (exact) mass is 196 g/mol. The Labute approximate surface area is 81.0 Å². The van der Waals surface area contributed by atoms with Gasteiger partial charge in [0.15, 0.2) is 0 Å². The molecular weight excluding hydrogens is 184 g/mol. The Morgan fingerprint density at radius 3 is 2.43 bits per heavy atom. The molecule has 1 rings (SSSR count). The Morgan fingerprint density at radius 1 is 1.36 bits per heavy atom. The second-order valence-electron chi connectivity index (χ2n) is 2.79. The number of carbonyl (C=O) groups is 2. The van der Waals surface area contributed by atoms with Gasteiger partial charge in [-0.1, -0.05) is 0 Å². The average molecular weight is 196 g/mol. The Hall–Kier alpha value is -1.98. The lowest BCUT2D eigenvalue weighted by molar-refractivity contribution is -0.120. The third-order valence-electron chi connectivity index (χ3n) is 1.59. The van der Waals surface area contributed by atoms with Gasteiger partial charge in [0.05, 0.1) is 0 Å². The molecule has 6 heteroatoms.